The molecule has 0 saturated heterocycles. The van der Waals surface area contributed by atoms with Crippen molar-refractivity contribution in [3.63, 3.8) is 0 Å². The first-order chi connectivity index (χ1) is 18.5. The van der Waals surface area contributed by atoms with Crippen molar-refractivity contribution in [1.29, 1.82) is 0 Å². The average Bonchev–Trinajstić information content (AvgIpc) is 2.85. The van der Waals surface area contributed by atoms with E-state index < -0.39 is 39.1 Å². The number of amides is 1. The van der Waals surface area contributed by atoms with Crippen molar-refractivity contribution in [2.45, 2.75) is 71.8 Å². The molecule has 13 heteroatoms. The Kier molecular flexibility index (Phi) is 36.2. The van der Waals surface area contributed by atoms with Crippen molar-refractivity contribution in [2.75, 3.05) is 13.2 Å². The van der Waals surface area contributed by atoms with Crippen LogP contribution in [0.25, 0.3) is 0 Å². The van der Waals surface area contributed by atoms with Gasteiger partial charge in [-0.2, -0.15) is 0 Å². The quantitative estimate of drug-likeness (QED) is 0.0573. The van der Waals surface area contributed by atoms with Crippen molar-refractivity contribution in [3.8, 4) is 71.0 Å². The molecule has 1 amide bonds. The van der Waals surface area contributed by atoms with Crippen LogP contribution in [0.1, 0.15) is 81.4 Å². The number of phosphoric ester groups is 1. The maximum Gasteiger partial charge on any atom is 1.00 e. The summed E-state index contributed by atoms with van der Waals surface area (Å²) in [6, 6.07) is 0. The SMILES string of the molecule is CC#CC#CC#CC#CC#CC#CC(=O)OC[C@H](COP(=O)([O-])[O-])OC(=O)CCCCCCCC.CC(N)=O.[HH].[HH].[HH].[HH].[HH].[HH].[HH].[HH].[HH].[HH].[HH].[Na+].[Na+]. The van der Waals surface area contributed by atoms with Crippen molar-refractivity contribution in [2.24, 2.45) is 5.73 Å². The number of esters is 2. The van der Waals surface area contributed by atoms with Crippen LogP contribution in [0.3, 0.4) is 0 Å². The minimum Gasteiger partial charge on any atom is -0.790 e. The molecule has 0 rings (SSSR count). The molecule has 0 aliphatic rings. The second-order valence-electron chi connectivity index (χ2n) is 7.21. The Morgan fingerprint density at radius 2 is 1.29 bits per heavy atom. The van der Waals surface area contributed by atoms with Gasteiger partial charge < -0.3 is 34.1 Å². The van der Waals surface area contributed by atoms with E-state index in [2.05, 4.69) is 88.2 Å². The van der Waals surface area contributed by atoms with E-state index in [-0.39, 0.29) is 87.1 Å². The molecule has 2 N–H and O–H groups in total. The first-order valence-electron chi connectivity index (χ1n) is 11.7. The number of ether oxygens (including phenoxy) is 2. The summed E-state index contributed by atoms with van der Waals surface area (Å²) in [5.74, 6) is 26.6. The molecule has 10 nitrogen and oxygen atoms in total. The van der Waals surface area contributed by atoms with E-state index >= 15 is 0 Å². The Labute approximate surface area is 303 Å². The first-order valence-corrected chi connectivity index (χ1v) is 13.2. The topological polar surface area (TPSA) is 168 Å². The van der Waals surface area contributed by atoms with Crippen LogP contribution in [0.2, 0.25) is 0 Å². The third-order valence-electron chi connectivity index (χ3n) is 3.70. The summed E-state index contributed by atoms with van der Waals surface area (Å²) >= 11 is 0. The second kappa shape index (κ2) is 32.4. The molecule has 0 unspecified atom stereocenters. The maximum absolute atomic E-state index is 12.0. The fourth-order valence-corrected chi connectivity index (χ4v) is 2.53. The van der Waals surface area contributed by atoms with Crippen molar-refractivity contribution >= 4 is 25.7 Å². The Morgan fingerprint density at radius 1 is 0.829 bits per heavy atom. The number of unbranched alkanes of at least 4 members (excludes halogenated alkanes) is 5. The zero-order valence-corrected chi connectivity index (χ0v) is 29.0. The fourth-order valence-electron chi connectivity index (χ4n) is 2.18. The van der Waals surface area contributed by atoms with Crippen molar-refractivity contribution in [3.05, 3.63) is 0 Å². The van der Waals surface area contributed by atoms with Crippen LogP contribution in [0.15, 0.2) is 0 Å². The molecule has 0 aromatic carbocycles. The number of primary amides is 1. The summed E-state index contributed by atoms with van der Waals surface area (Å²) in [5, 5.41) is 0. The molecule has 41 heavy (non-hydrogen) atoms. The zero-order chi connectivity index (χ0) is 29.8. The largest absolute Gasteiger partial charge is 1.00 e. The van der Waals surface area contributed by atoms with Crippen LogP contribution in [-0.2, 0) is 32.9 Å². The monoisotopic (exact) mass is 623 g/mol. The van der Waals surface area contributed by atoms with Crippen molar-refractivity contribution < 1.29 is 118 Å². The average molecular weight is 624 g/mol. The van der Waals surface area contributed by atoms with E-state index in [9.17, 15) is 28.7 Å². The number of hydrogen-bond donors (Lipinski definition) is 1. The smallest absolute Gasteiger partial charge is 0.790 e. The number of rotatable bonds is 13. The standard InChI is InChI=1S/C26H27O8P.C2H5NO.2Na.11H2/c1-3-5-7-9-11-12-13-14-15-17-18-20-25(27)32-22-24(23-33-35(29,30)31)34-26(28)21-19-16-10-8-6-4-2;1-2(3)4;;;;;;;;;;;;;/h24H,4,6,8,10,16,19,21-23H2,1-2H3,(H2,29,30,31);1H3,(H2,3,4);;;11*1H/q;;2*+1;;;;;;;;;;;/p-2/t24-;;;;;;;;;;;;;;/m1............../s1. The number of nitrogens with two attached hydrogens (primary N) is 1. The Morgan fingerprint density at radius 3 is 1.78 bits per heavy atom. The van der Waals surface area contributed by atoms with Crippen LogP contribution in [0.4, 0.5) is 0 Å². The number of carbonyl (C=O) groups excluding carboxylic acids is 3. The van der Waals surface area contributed by atoms with Crippen LogP contribution < -0.4 is 74.6 Å². The van der Waals surface area contributed by atoms with E-state index in [4.69, 9.17) is 9.47 Å². The normalized spacial score (nSPS) is 8.90. The zero-order valence-electron chi connectivity index (χ0n) is 24.1. The van der Waals surface area contributed by atoms with Crippen LogP contribution in [-0.4, -0.2) is 37.2 Å². The molecule has 230 valence electrons. The Balaban J connectivity index is -0.0000000587. The molecule has 0 aliphatic heterocycles. The number of hydrogen-bond acceptors (Lipinski definition) is 9. The summed E-state index contributed by atoms with van der Waals surface area (Å²) in [5.41, 5.74) is 4.47. The molecule has 0 spiro atoms. The molecular formula is C28H52NNa2O9P. The van der Waals surface area contributed by atoms with Gasteiger partial charge in [0, 0.05) is 35.0 Å². The minimum absolute atomic E-state index is 0. The van der Waals surface area contributed by atoms with Gasteiger partial charge in [0.15, 0.2) is 6.10 Å². The van der Waals surface area contributed by atoms with Gasteiger partial charge in [-0.1, -0.05) is 44.9 Å². The summed E-state index contributed by atoms with van der Waals surface area (Å²) in [6.45, 7) is 3.72. The van der Waals surface area contributed by atoms with E-state index in [1.165, 1.54) is 6.92 Å². The van der Waals surface area contributed by atoms with Gasteiger partial charge in [0.25, 0.3) is 0 Å². The van der Waals surface area contributed by atoms with E-state index in [0.717, 1.165) is 32.1 Å². The van der Waals surface area contributed by atoms with Gasteiger partial charge in [0.1, 0.15) is 6.61 Å². The van der Waals surface area contributed by atoms with Gasteiger partial charge >= 0.3 is 71.1 Å². The van der Waals surface area contributed by atoms with E-state index in [1.54, 1.807) is 6.92 Å². The maximum atomic E-state index is 12.0. The van der Waals surface area contributed by atoms with Crippen LogP contribution in [0, 0.1) is 71.0 Å². The number of carbonyl (C=O) groups is 3. The Hall–Kier alpha value is -2.12. The molecule has 0 radical (unpaired) electrons. The van der Waals surface area contributed by atoms with Gasteiger partial charge in [-0.3, -0.25) is 9.59 Å². The van der Waals surface area contributed by atoms with Crippen molar-refractivity contribution in [1.82, 2.24) is 0 Å². The van der Waals surface area contributed by atoms with Gasteiger partial charge in [-0.15, -0.1) is 0 Å². The molecule has 0 aromatic heterocycles. The van der Waals surface area contributed by atoms with Gasteiger partial charge in [0.2, 0.25) is 5.91 Å². The first kappa shape index (κ1) is 45.9. The predicted octanol–water partition coefficient (Wildman–Crippen LogP) is -2.72. The summed E-state index contributed by atoms with van der Waals surface area (Å²) in [4.78, 5) is 54.3. The van der Waals surface area contributed by atoms with Gasteiger partial charge in [-0.25, -0.2) is 4.79 Å². The molecule has 0 saturated carbocycles. The fraction of sp³-hybridized carbons (Fsp3) is 0.464. The molecule has 0 fully saturated rings. The summed E-state index contributed by atoms with van der Waals surface area (Å²) < 4.78 is 24.7. The molecule has 0 bridgehead atoms. The summed E-state index contributed by atoms with van der Waals surface area (Å²) in [6.07, 6.45) is 4.56. The summed E-state index contributed by atoms with van der Waals surface area (Å²) in [7, 11) is -5.30. The molecule has 1 atom stereocenters. The molecule has 0 heterocycles. The second-order valence-corrected chi connectivity index (χ2v) is 8.36. The minimum atomic E-state index is -5.30. The third-order valence-corrected chi connectivity index (χ3v) is 4.17. The van der Waals surface area contributed by atoms with Gasteiger partial charge in [-0.05, 0) is 72.5 Å². The predicted molar refractivity (Wildman–Crippen MR) is 163 cm³/mol. The molecular weight excluding hydrogens is 571 g/mol. The Bertz CT molecular complexity index is 1260. The number of phosphoric acid groups is 1. The molecule has 0 aliphatic carbocycles. The third kappa shape index (κ3) is 42.5. The van der Waals surface area contributed by atoms with Gasteiger partial charge in [0.05, 0.1) is 14.4 Å². The van der Waals surface area contributed by atoms with Crippen LogP contribution >= 0.6 is 7.82 Å². The van der Waals surface area contributed by atoms with E-state index in [1.807, 2.05) is 0 Å². The molecule has 0 aromatic rings. The van der Waals surface area contributed by atoms with E-state index in [0.29, 0.717) is 6.42 Å². The van der Waals surface area contributed by atoms with Crippen LogP contribution in [0.5, 0.6) is 0 Å².